The number of fused-ring (bicyclic) bond motifs is 1. The normalized spacial score (nSPS) is 33.0. The van der Waals surface area contributed by atoms with E-state index in [1.807, 2.05) is 20.8 Å². The van der Waals surface area contributed by atoms with Gasteiger partial charge in [-0.15, -0.1) is 0 Å². The quantitative estimate of drug-likeness (QED) is 0.129. The van der Waals surface area contributed by atoms with Crippen molar-refractivity contribution in [1.82, 2.24) is 0 Å². The van der Waals surface area contributed by atoms with E-state index < -0.39 is 47.7 Å². The van der Waals surface area contributed by atoms with Crippen LogP contribution in [0.3, 0.4) is 0 Å². The van der Waals surface area contributed by atoms with Gasteiger partial charge in [0, 0.05) is 29.1 Å². The molecule has 2 aliphatic heterocycles. The largest absolute Gasteiger partial charge is 0.454 e. The number of allylic oxidation sites excluding steroid dienone is 3. The molecule has 8 heteroatoms. The lowest BCUT2D eigenvalue weighted by atomic mass is 9.73. The molecule has 0 aromatic rings. The summed E-state index contributed by atoms with van der Waals surface area (Å²) in [6.45, 7) is 20.4. The average molecular weight is 531 g/mol. The molecule has 0 bridgehead atoms. The molecule has 0 N–H and O–H groups in total. The second-order valence-corrected chi connectivity index (χ2v) is 11.2. The summed E-state index contributed by atoms with van der Waals surface area (Å²) in [5.74, 6) is -1.97. The van der Waals surface area contributed by atoms with E-state index in [1.165, 1.54) is 0 Å². The lowest BCUT2D eigenvalue weighted by molar-refractivity contribution is -0.174. The lowest BCUT2D eigenvalue weighted by Gasteiger charge is -2.40. The Morgan fingerprint density at radius 3 is 1.89 bits per heavy atom. The van der Waals surface area contributed by atoms with E-state index in [-0.39, 0.29) is 17.8 Å². The summed E-state index contributed by atoms with van der Waals surface area (Å²) in [6.07, 6.45) is 3.09. The van der Waals surface area contributed by atoms with Crippen molar-refractivity contribution < 1.29 is 38.1 Å². The Kier molecular flexibility index (Phi) is 8.78. The summed E-state index contributed by atoms with van der Waals surface area (Å²) >= 11 is 0. The zero-order valence-electron chi connectivity index (χ0n) is 24.1. The molecule has 0 radical (unpaired) electrons. The number of esters is 3. The van der Waals surface area contributed by atoms with Crippen LogP contribution in [0.15, 0.2) is 47.1 Å². The molecule has 1 aliphatic carbocycles. The van der Waals surface area contributed by atoms with Gasteiger partial charge in [0.25, 0.3) is 0 Å². The van der Waals surface area contributed by atoms with E-state index in [1.54, 1.807) is 59.8 Å². The Hall–Kier alpha value is -2.71. The van der Waals surface area contributed by atoms with E-state index in [4.69, 9.17) is 23.7 Å². The number of hydrogen-bond donors (Lipinski definition) is 0. The summed E-state index contributed by atoms with van der Waals surface area (Å²) in [6, 6.07) is 0. The summed E-state index contributed by atoms with van der Waals surface area (Å²) < 4.78 is 29.7. The Morgan fingerprint density at radius 2 is 1.39 bits per heavy atom. The molecule has 38 heavy (non-hydrogen) atoms. The maximum atomic E-state index is 13.0. The summed E-state index contributed by atoms with van der Waals surface area (Å²) in [4.78, 5) is 38.6. The summed E-state index contributed by atoms with van der Waals surface area (Å²) in [5, 5.41) is 0. The van der Waals surface area contributed by atoms with Crippen molar-refractivity contribution in [3.8, 4) is 0 Å². The van der Waals surface area contributed by atoms with Gasteiger partial charge in [-0.1, -0.05) is 24.8 Å². The highest BCUT2D eigenvalue weighted by atomic mass is 16.7. The monoisotopic (exact) mass is 530 g/mol. The molecule has 0 amide bonds. The molecule has 3 rings (SSSR count). The van der Waals surface area contributed by atoms with Crippen molar-refractivity contribution in [1.29, 1.82) is 0 Å². The van der Waals surface area contributed by atoms with Crippen LogP contribution < -0.4 is 0 Å². The van der Waals surface area contributed by atoms with Crippen molar-refractivity contribution in [3.05, 3.63) is 47.1 Å². The number of ether oxygens (including phenoxy) is 5. The average Bonchev–Trinajstić information content (AvgIpc) is 3.74. The number of hydrogen-bond acceptors (Lipinski definition) is 8. The minimum Gasteiger partial charge on any atom is -0.454 e. The standard InChI is InChI=1S/C30H42O8/c1-11-16(4)26(31)34-21(15-22-29(8,9)37-22)19(7)20-14-23-30(10,38-23)25(36-28(33)18(6)13-3)24(20)35-27(32)17(5)12-2/h11-13,20-25H,7,14-15H2,1-6,8-10H3/b16-11-,17-12-,18-13-/t20-,21?,22?,23-,24+,25+,30-/m1/s1. The van der Waals surface area contributed by atoms with Crippen LogP contribution in [-0.4, -0.2) is 59.6 Å². The first-order valence-electron chi connectivity index (χ1n) is 13.3. The molecule has 3 aliphatic rings. The minimum atomic E-state index is -0.889. The molecule has 7 atom stereocenters. The maximum Gasteiger partial charge on any atom is 0.333 e. The molecule has 0 spiro atoms. The van der Waals surface area contributed by atoms with Crippen LogP contribution in [0.1, 0.15) is 75.2 Å². The number of carbonyl (C=O) groups is 3. The fourth-order valence-corrected chi connectivity index (χ4v) is 4.77. The third-order valence-corrected chi connectivity index (χ3v) is 8.18. The maximum absolute atomic E-state index is 13.0. The van der Waals surface area contributed by atoms with Gasteiger partial charge in [0.05, 0.1) is 17.8 Å². The van der Waals surface area contributed by atoms with Crippen LogP contribution in [0, 0.1) is 5.92 Å². The second kappa shape index (κ2) is 11.2. The van der Waals surface area contributed by atoms with Crippen molar-refractivity contribution >= 4 is 17.9 Å². The number of rotatable bonds is 10. The molecule has 0 aromatic heterocycles. The molecular formula is C30H42O8. The first kappa shape index (κ1) is 29.8. The van der Waals surface area contributed by atoms with Crippen molar-refractivity contribution in [2.75, 3.05) is 0 Å². The van der Waals surface area contributed by atoms with Gasteiger partial charge < -0.3 is 23.7 Å². The zero-order chi connectivity index (χ0) is 28.6. The highest BCUT2D eigenvalue weighted by molar-refractivity contribution is 5.89. The lowest BCUT2D eigenvalue weighted by Crippen LogP contribution is -2.54. The Labute approximate surface area is 226 Å². The van der Waals surface area contributed by atoms with E-state index >= 15 is 0 Å². The Morgan fingerprint density at radius 1 is 0.895 bits per heavy atom. The van der Waals surface area contributed by atoms with Gasteiger partial charge in [-0.25, -0.2) is 14.4 Å². The van der Waals surface area contributed by atoms with Crippen LogP contribution >= 0.6 is 0 Å². The van der Waals surface area contributed by atoms with Crippen molar-refractivity contribution in [2.24, 2.45) is 5.92 Å². The predicted molar refractivity (Wildman–Crippen MR) is 142 cm³/mol. The van der Waals surface area contributed by atoms with Crippen LogP contribution in [0.25, 0.3) is 0 Å². The van der Waals surface area contributed by atoms with Gasteiger partial charge in [-0.3, -0.25) is 0 Å². The fourth-order valence-electron chi connectivity index (χ4n) is 4.77. The van der Waals surface area contributed by atoms with Gasteiger partial charge >= 0.3 is 17.9 Å². The van der Waals surface area contributed by atoms with Crippen molar-refractivity contribution in [2.45, 2.75) is 117 Å². The van der Waals surface area contributed by atoms with Crippen molar-refractivity contribution in [3.63, 3.8) is 0 Å². The zero-order valence-corrected chi connectivity index (χ0v) is 24.1. The minimum absolute atomic E-state index is 0.119. The molecule has 1 saturated carbocycles. The highest BCUT2D eigenvalue weighted by Gasteiger charge is 2.68. The smallest absolute Gasteiger partial charge is 0.333 e. The van der Waals surface area contributed by atoms with E-state index in [9.17, 15) is 14.4 Å². The molecule has 2 saturated heterocycles. The Bertz CT molecular complexity index is 1080. The van der Waals surface area contributed by atoms with Gasteiger partial charge in [0.15, 0.2) is 6.10 Å². The summed E-state index contributed by atoms with van der Waals surface area (Å²) in [5.41, 5.74) is 0.773. The number of epoxide rings is 2. The van der Waals surface area contributed by atoms with Crippen LogP contribution in [0.5, 0.6) is 0 Å². The predicted octanol–water partition coefficient (Wildman–Crippen LogP) is 4.92. The molecular weight excluding hydrogens is 488 g/mol. The SMILES string of the molecule is C=C(C(CC1OC1(C)C)OC(=O)/C(C)=C\C)[C@H]1C[C@H]2O[C@@]2(C)[C@@H](OC(=O)/C(C)=C\C)[C@H]1OC(=O)/C(C)=C\C. The first-order valence-corrected chi connectivity index (χ1v) is 13.3. The molecule has 0 aromatic carbocycles. The first-order chi connectivity index (χ1) is 17.7. The molecule has 8 nitrogen and oxygen atoms in total. The van der Waals surface area contributed by atoms with Crippen LogP contribution in [-0.2, 0) is 38.1 Å². The summed E-state index contributed by atoms with van der Waals surface area (Å²) in [7, 11) is 0. The third kappa shape index (κ3) is 6.12. The Balaban J connectivity index is 1.97. The van der Waals surface area contributed by atoms with Gasteiger partial charge in [0.1, 0.15) is 17.8 Å². The third-order valence-electron chi connectivity index (χ3n) is 8.18. The highest BCUT2D eigenvalue weighted by Crippen LogP contribution is 2.54. The van der Waals surface area contributed by atoms with Gasteiger partial charge in [-0.2, -0.15) is 0 Å². The second-order valence-electron chi connectivity index (χ2n) is 11.2. The van der Waals surface area contributed by atoms with E-state index in [2.05, 4.69) is 6.58 Å². The van der Waals surface area contributed by atoms with Gasteiger partial charge in [-0.05, 0) is 74.3 Å². The molecule has 210 valence electrons. The molecule has 2 heterocycles. The topological polar surface area (TPSA) is 104 Å². The number of carbonyl (C=O) groups excluding carboxylic acids is 3. The van der Waals surface area contributed by atoms with Crippen LogP contribution in [0.2, 0.25) is 0 Å². The van der Waals surface area contributed by atoms with E-state index in [0.717, 1.165) is 0 Å². The van der Waals surface area contributed by atoms with E-state index in [0.29, 0.717) is 35.1 Å². The fraction of sp³-hybridized carbons (Fsp3) is 0.633. The molecule has 3 fully saturated rings. The molecule has 2 unspecified atom stereocenters. The van der Waals surface area contributed by atoms with Crippen LogP contribution in [0.4, 0.5) is 0 Å². The van der Waals surface area contributed by atoms with Gasteiger partial charge in [0.2, 0.25) is 0 Å².